The number of benzene rings is 1. The van der Waals surface area contributed by atoms with Gasteiger partial charge in [-0.3, -0.25) is 0 Å². The molecule has 0 aliphatic carbocycles. The lowest BCUT2D eigenvalue weighted by atomic mass is 10.2. The van der Waals surface area contributed by atoms with Crippen molar-refractivity contribution in [3.63, 3.8) is 0 Å². The van der Waals surface area contributed by atoms with Gasteiger partial charge in [0.2, 0.25) is 0 Å². The van der Waals surface area contributed by atoms with E-state index in [0.29, 0.717) is 17.0 Å². The van der Waals surface area contributed by atoms with Crippen molar-refractivity contribution in [2.24, 2.45) is 0 Å². The fourth-order valence-corrected chi connectivity index (χ4v) is 2.83. The molecule has 1 aromatic carbocycles. The van der Waals surface area contributed by atoms with E-state index >= 15 is 0 Å². The molecule has 2 aromatic heterocycles. The standard InChI is InChI=1S/C13H11N3O2S/c1-19(17,18)11-5-3-2-4-10(11)13-15-8-9-6-7-14-12(9)16-13/h2-8H,1H3,(H,14,15,16). The predicted molar refractivity (Wildman–Crippen MR) is 72.4 cm³/mol. The lowest BCUT2D eigenvalue weighted by molar-refractivity contribution is 0.602. The molecule has 6 heteroatoms. The summed E-state index contributed by atoms with van der Waals surface area (Å²) in [6, 6.07) is 8.59. The van der Waals surface area contributed by atoms with E-state index in [4.69, 9.17) is 0 Å². The molecular formula is C13H11N3O2S. The maximum Gasteiger partial charge on any atom is 0.176 e. The van der Waals surface area contributed by atoms with E-state index in [2.05, 4.69) is 15.0 Å². The number of hydrogen-bond donors (Lipinski definition) is 1. The summed E-state index contributed by atoms with van der Waals surface area (Å²) in [7, 11) is -3.31. The first kappa shape index (κ1) is 11.9. The monoisotopic (exact) mass is 273 g/mol. The van der Waals surface area contributed by atoms with Gasteiger partial charge >= 0.3 is 0 Å². The van der Waals surface area contributed by atoms with Gasteiger partial charge in [-0.15, -0.1) is 0 Å². The number of sulfone groups is 1. The molecule has 19 heavy (non-hydrogen) atoms. The second-order valence-corrected chi connectivity index (χ2v) is 6.23. The molecule has 0 spiro atoms. The van der Waals surface area contributed by atoms with Crippen molar-refractivity contribution in [1.29, 1.82) is 0 Å². The molecule has 0 amide bonds. The number of rotatable bonds is 2. The van der Waals surface area contributed by atoms with E-state index < -0.39 is 9.84 Å². The summed E-state index contributed by atoms with van der Waals surface area (Å²) >= 11 is 0. The second-order valence-electron chi connectivity index (χ2n) is 4.24. The molecule has 0 fully saturated rings. The molecule has 0 unspecified atom stereocenters. The molecule has 0 aliphatic rings. The minimum atomic E-state index is -3.31. The Hall–Kier alpha value is -2.21. The van der Waals surface area contributed by atoms with E-state index in [-0.39, 0.29) is 4.90 Å². The van der Waals surface area contributed by atoms with Crippen LogP contribution >= 0.6 is 0 Å². The Labute approximate surface area is 110 Å². The lowest BCUT2D eigenvalue weighted by Crippen LogP contribution is -2.01. The summed E-state index contributed by atoms with van der Waals surface area (Å²) in [5.41, 5.74) is 1.20. The Balaban J connectivity index is 2.27. The number of H-pyrrole nitrogens is 1. The lowest BCUT2D eigenvalue weighted by Gasteiger charge is -2.06. The first-order valence-corrected chi connectivity index (χ1v) is 7.54. The highest BCUT2D eigenvalue weighted by Crippen LogP contribution is 2.25. The number of nitrogens with one attached hydrogen (secondary N) is 1. The van der Waals surface area contributed by atoms with Crippen LogP contribution in [0.25, 0.3) is 22.4 Å². The van der Waals surface area contributed by atoms with Gasteiger partial charge in [-0.05, 0) is 18.2 Å². The number of aromatic amines is 1. The van der Waals surface area contributed by atoms with Crippen LogP contribution in [-0.4, -0.2) is 29.6 Å². The average molecular weight is 273 g/mol. The minimum absolute atomic E-state index is 0.237. The van der Waals surface area contributed by atoms with Gasteiger partial charge in [0.15, 0.2) is 15.7 Å². The van der Waals surface area contributed by atoms with Gasteiger partial charge in [0, 0.05) is 29.6 Å². The molecule has 0 radical (unpaired) electrons. The topological polar surface area (TPSA) is 75.7 Å². The van der Waals surface area contributed by atoms with Crippen molar-refractivity contribution in [3.8, 4) is 11.4 Å². The van der Waals surface area contributed by atoms with Crippen molar-refractivity contribution in [2.75, 3.05) is 6.26 Å². The van der Waals surface area contributed by atoms with Crippen LogP contribution in [-0.2, 0) is 9.84 Å². The normalized spacial score (nSPS) is 11.8. The molecule has 3 rings (SSSR count). The van der Waals surface area contributed by atoms with E-state index in [1.54, 1.807) is 36.7 Å². The summed E-state index contributed by atoms with van der Waals surface area (Å²) < 4.78 is 23.6. The summed E-state index contributed by atoms with van der Waals surface area (Å²) in [5, 5.41) is 0.889. The van der Waals surface area contributed by atoms with Gasteiger partial charge in [-0.2, -0.15) is 0 Å². The van der Waals surface area contributed by atoms with Crippen LogP contribution in [0.1, 0.15) is 0 Å². The molecule has 5 nitrogen and oxygen atoms in total. The Morgan fingerprint density at radius 1 is 1.16 bits per heavy atom. The molecule has 1 N–H and O–H groups in total. The quantitative estimate of drug-likeness (QED) is 0.775. The molecule has 0 atom stereocenters. The Morgan fingerprint density at radius 3 is 2.74 bits per heavy atom. The Bertz CT molecular complexity index is 853. The third-order valence-electron chi connectivity index (χ3n) is 2.83. The smallest absolute Gasteiger partial charge is 0.176 e. The van der Waals surface area contributed by atoms with Gasteiger partial charge in [-0.1, -0.05) is 12.1 Å². The van der Waals surface area contributed by atoms with Gasteiger partial charge in [0.25, 0.3) is 0 Å². The van der Waals surface area contributed by atoms with Crippen LogP contribution in [0.2, 0.25) is 0 Å². The number of fused-ring (bicyclic) bond motifs is 1. The van der Waals surface area contributed by atoms with E-state index in [1.165, 1.54) is 6.26 Å². The maximum atomic E-state index is 11.8. The van der Waals surface area contributed by atoms with Crippen LogP contribution in [0.5, 0.6) is 0 Å². The summed E-state index contributed by atoms with van der Waals surface area (Å²) in [6.45, 7) is 0. The van der Waals surface area contributed by atoms with Crippen LogP contribution < -0.4 is 0 Å². The molecule has 3 aromatic rings. The van der Waals surface area contributed by atoms with Crippen LogP contribution in [0.4, 0.5) is 0 Å². The van der Waals surface area contributed by atoms with Crippen molar-refractivity contribution in [1.82, 2.24) is 15.0 Å². The van der Waals surface area contributed by atoms with Gasteiger partial charge in [0.1, 0.15) is 5.65 Å². The molecule has 0 saturated heterocycles. The van der Waals surface area contributed by atoms with Crippen molar-refractivity contribution < 1.29 is 8.42 Å². The number of nitrogens with zero attached hydrogens (tertiary/aromatic N) is 2. The summed E-state index contributed by atoms with van der Waals surface area (Å²) in [4.78, 5) is 11.8. The maximum absolute atomic E-state index is 11.8. The predicted octanol–water partition coefficient (Wildman–Crippen LogP) is 2.03. The zero-order valence-corrected chi connectivity index (χ0v) is 11.0. The summed E-state index contributed by atoms with van der Waals surface area (Å²) in [6.07, 6.45) is 4.62. The highest BCUT2D eigenvalue weighted by molar-refractivity contribution is 7.90. The SMILES string of the molecule is CS(=O)(=O)c1ccccc1-c1ncc2cc[nH]c2n1. The fourth-order valence-electron chi connectivity index (χ4n) is 1.94. The third kappa shape index (κ3) is 2.10. The van der Waals surface area contributed by atoms with Crippen LogP contribution in [0.15, 0.2) is 47.6 Å². The van der Waals surface area contributed by atoms with E-state index in [9.17, 15) is 8.42 Å². The first-order valence-electron chi connectivity index (χ1n) is 5.65. The zero-order valence-electron chi connectivity index (χ0n) is 10.2. The van der Waals surface area contributed by atoms with Gasteiger partial charge in [-0.25, -0.2) is 18.4 Å². The minimum Gasteiger partial charge on any atom is -0.346 e. The summed E-state index contributed by atoms with van der Waals surface area (Å²) in [5.74, 6) is 0.399. The van der Waals surface area contributed by atoms with Crippen LogP contribution in [0, 0.1) is 0 Å². The second kappa shape index (κ2) is 4.17. The molecule has 0 bridgehead atoms. The van der Waals surface area contributed by atoms with E-state index in [1.807, 2.05) is 6.07 Å². The molecule has 0 aliphatic heterocycles. The van der Waals surface area contributed by atoms with Gasteiger partial charge < -0.3 is 4.98 Å². The number of hydrogen-bond acceptors (Lipinski definition) is 4. The first-order chi connectivity index (χ1) is 9.05. The Morgan fingerprint density at radius 2 is 1.95 bits per heavy atom. The highest BCUT2D eigenvalue weighted by atomic mass is 32.2. The largest absolute Gasteiger partial charge is 0.346 e. The van der Waals surface area contributed by atoms with Crippen molar-refractivity contribution >= 4 is 20.9 Å². The van der Waals surface area contributed by atoms with Gasteiger partial charge in [0.05, 0.1) is 4.90 Å². The molecule has 0 saturated carbocycles. The average Bonchev–Trinajstić information content (AvgIpc) is 2.85. The Kier molecular flexibility index (Phi) is 2.60. The van der Waals surface area contributed by atoms with Crippen molar-refractivity contribution in [3.05, 3.63) is 42.7 Å². The van der Waals surface area contributed by atoms with E-state index in [0.717, 1.165) is 5.39 Å². The zero-order chi connectivity index (χ0) is 13.5. The van der Waals surface area contributed by atoms with Crippen LogP contribution in [0.3, 0.4) is 0 Å². The molecule has 2 heterocycles. The van der Waals surface area contributed by atoms with Crippen molar-refractivity contribution in [2.45, 2.75) is 4.90 Å². The molecular weight excluding hydrogens is 262 g/mol. The number of aromatic nitrogens is 3. The third-order valence-corrected chi connectivity index (χ3v) is 3.98. The molecule has 96 valence electrons. The fraction of sp³-hybridized carbons (Fsp3) is 0.0769. The highest BCUT2D eigenvalue weighted by Gasteiger charge is 2.16.